The summed E-state index contributed by atoms with van der Waals surface area (Å²) in [4.78, 5) is 25.5. The van der Waals surface area contributed by atoms with Crippen LogP contribution in [0.2, 0.25) is 0 Å². The summed E-state index contributed by atoms with van der Waals surface area (Å²) in [5.41, 5.74) is 3.26. The first kappa shape index (κ1) is 21.2. The lowest BCUT2D eigenvalue weighted by atomic mass is 9.86. The van der Waals surface area contributed by atoms with E-state index in [1.54, 1.807) is 18.2 Å². The molecule has 0 saturated carbocycles. The summed E-state index contributed by atoms with van der Waals surface area (Å²) in [6, 6.07) is 10.7. The Bertz CT molecular complexity index is 1150. The molecule has 6 heteroatoms. The molecule has 1 aliphatic heterocycles. The number of hydrogen-bond acceptors (Lipinski definition) is 3. The van der Waals surface area contributed by atoms with Gasteiger partial charge in [-0.2, -0.15) is 0 Å². The molecule has 2 aliphatic rings. The number of alkyl halides is 1. The van der Waals surface area contributed by atoms with Crippen LogP contribution in [0.4, 0.5) is 5.69 Å². The Kier molecular flexibility index (Phi) is 5.18. The summed E-state index contributed by atoms with van der Waals surface area (Å²) in [6.45, 7) is 6.69. The summed E-state index contributed by atoms with van der Waals surface area (Å²) >= 11 is 6.91. The summed E-state index contributed by atoms with van der Waals surface area (Å²) in [7, 11) is 0. The van der Waals surface area contributed by atoms with Gasteiger partial charge in [-0.05, 0) is 58.2 Å². The van der Waals surface area contributed by atoms with E-state index in [1.165, 1.54) is 17.2 Å². The largest absolute Gasteiger partial charge is 0.478 e. The minimum atomic E-state index is -1.30. The molecule has 2 aromatic rings. The number of carboxylic acid groups (broad SMARTS) is 2. The quantitative estimate of drug-likeness (QED) is 0.463. The Morgan fingerprint density at radius 2 is 1.81 bits per heavy atom. The highest BCUT2D eigenvalue weighted by atomic mass is 35.5. The minimum absolute atomic E-state index is 0.0665. The molecule has 1 heterocycles. The maximum atomic E-state index is 12.0. The fourth-order valence-corrected chi connectivity index (χ4v) is 5.39. The van der Waals surface area contributed by atoms with E-state index in [9.17, 15) is 19.8 Å². The molecule has 0 amide bonds. The molecule has 0 fully saturated rings. The molecule has 2 aromatic carbocycles. The molecule has 2 unspecified atom stereocenters. The number of allylic oxidation sites excluding steroid dienone is 2. The van der Waals surface area contributed by atoms with Gasteiger partial charge in [0.05, 0.1) is 11.1 Å². The number of carboxylic acids is 2. The van der Waals surface area contributed by atoms with Crippen LogP contribution in [-0.4, -0.2) is 27.7 Å². The second kappa shape index (κ2) is 7.57. The Hall–Kier alpha value is -3.05. The van der Waals surface area contributed by atoms with E-state index in [0.717, 1.165) is 12.1 Å². The van der Waals surface area contributed by atoms with Crippen LogP contribution in [0.5, 0.6) is 0 Å². The van der Waals surface area contributed by atoms with E-state index in [2.05, 4.69) is 26.8 Å². The minimum Gasteiger partial charge on any atom is -0.478 e. The predicted octanol–water partition coefficient (Wildman–Crippen LogP) is 5.85. The Balaban J connectivity index is 1.82. The first-order chi connectivity index (χ1) is 14.6. The first-order valence-corrected chi connectivity index (χ1v) is 10.6. The second-order valence-corrected chi connectivity index (χ2v) is 9.19. The zero-order valence-electron chi connectivity index (χ0n) is 17.6. The zero-order chi connectivity index (χ0) is 22.5. The monoisotopic (exact) mass is 437 g/mol. The Labute approximate surface area is 186 Å². The van der Waals surface area contributed by atoms with Gasteiger partial charge in [0, 0.05) is 11.9 Å². The van der Waals surface area contributed by atoms with Crippen molar-refractivity contribution in [2.45, 2.75) is 44.0 Å². The number of rotatable bonds is 4. The summed E-state index contributed by atoms with van der Waals surface area (Å²) in [5, 5.41) is 19.2. The third-order valence-electron chi connectivity index (χ3n) is 6.24. The van der Waals surface area contributed by atoms with E-state index in [0.29, 0.717) is 17.1 Å². The average Bonchev–Trinajstić information content (AvgIpc) is 2.96. The molecule has 2 N–H and O–H groups in total. The van der Waals surface area contributed by atoms with E-state index in [4.69, 9.17) is 11.6 Å². The number of fused-ring (bicyclic) bond motifs is 1. The fraction of sp³-hybridized carbons (Fsp3) is 0.280. The van der Waals surface area contributed by atoms with Gasteiger partial charge in [0.1, 0.15) is 5.50 Å². The molecule has 4 rings (SSSR count). The maximum Gasteiger partial charge on any atom is 0.337 e. The lowest BCUT2D eigenvalue weighted by molar-refractivity contribution is 0.0651. The predicted molar refractivity (Wildman–Crippen MR) is 122 cm³/mol. The number of benzene rings is 2. The lowest BCUT2D eigenvalue weighted by Crippen LogP contribution is -2.30. The van der Waals surface area contributed by atoms with Crippen LogP contribution in [0.25, 0.3) is 5.57 Å². The molecule has 0 radical (unpaired) electrons. The molecule has 0 spiro atoms. The van der Waals surface area contributed by atoms with Crippen LogP contribution >= 0.6 is 11.6 Å². The molecule has 0 saturated heterocycles. The van der Waals surface area contributed by atoms with Crippen LogP contribution in [0, 0.1) is 0 Å². The lowest BCUT2D eigenvalue weighted by Gasteiger charge is -2.33. The SMILES string of the molecule is CC1CC(C)(C)c2cccc(N3C=CC=C(c4cccc(C(=O)O)c4C(=O)O)C3Cl)c21. The van der Waals surface area contributed by atoms with E-state index in [-0.39, 0.29) is 16.5 Å². The second-order valence-electron chi connectivity index (χ2n) is 8.77. The number of carbonyl (C=O) groups is 2. The molecule has 31 heavy (non-hydrogen) atoms. The summed E-state index contributed by atoms with van der Waals surface area (Å²) in [5.74, 6) is -2.22. The summed E-state index contributed by atoms with van der Waals surface area (Å²) < 4.78 is 0. The third kappa shape index (κ3) is 3.43. The van der Waals surface area contributed by atoms with Crippen molar-refractivity contribution in [3.05, 3.63) is 82.6 Å². The molecule has 1 aliphatic carbocycles. The molecular formula is C25H24ClNO4. The molecule has 0 bridgehead atoms. The molecular weight excluding hydrogens is 414 g/mol. The van der Waals surface area contributed by atoms with E-state index >= 15 is 0 Å². The molecule has 5 nitrogen and oxygen atoms in total. The van der Waals surface area contributed by atoms with Gasteiger partial charge in [-0.3, -0.25) is 0 Å². The van der Waals surface area contributed by atoms with Gasteiger partial charge in [-0.25, -0.2) is 9.59 Å². The van der Waals surface area contributed by atoms with Crippen molar-refractivity contribution in [3.8, 4) is 0 Å². The highest BCUT2D eigenvalue weighted by Gasteiger charge is 2.38. The van der Waals surface area contributed by atoms with E-state index in [1.807, 2.05) is 29.3 Å². The van der Waals surface area contributed by atoms with Crippen molar-refractivity contribution in [2.24, 2.45) is 0 Å². The highest BCUT2D eigenvalue weighted by molar-refractivity contribution is 6.29. The Morgan fingerprint density at radius 1 is 1.10 bits per heavy atom. The van der Waals surface area contributed by atoms with Crippen molar-refractivity contribution in [3.63, 3.8) is 0 Å². The van der Waals surface area contributed by atoms with Gasteiger partial charge in [0.15, 0.2) is 0 Å². The number of nitrogens with zero attached hydrogens (tertiary/aromatic N) is 1. The fourth-order valence-electron chi connectivity index (χ4n) is 5.03. The maximum absolute atomic E-state index is 12.0. The third-order valence-corrected chi connectivity index (χ3v) is 6.69. The van der Waals surface area contributed by atoms with Gasteiger partial charge in [-0.1, -0.05) is 62.7 Å². The molecule has 2 atom stereocenters. The van der Waals surface area contributed by atoms with Crippen LogP contribution in [-0.2, 0) is 5.41 Å². The number of aromatic carboxylic acids is 2. The molecule has 160 valence electrons. The van der Waals surface area contributed by atoms with Crippen LogP contribution in [0.1, 0.15) is 70.5 Å². The number of hydrogen-bond donors (Lipinski definition) is 2. The van der Waals surface area contributed by atoms with Crippen LogP contribution < -0.4 is 4.90 Å². The zero-order valence-corrected chi connectivity index (χ0v) is 18.3. The topological polar surface area (TPSA) is 77.8 Å². The van der Waals surface area contributed by atoms with Crippen molar-refractivity contribution in [2.75, 3.05) is 4.90 Å². The smallest absolute Gasteiger partial charge is 0.337 e. The number of anilines is 1. The van der Waals surface area contributed by atoms with Crippen molar-refractivity contribution in [1.29, 1.82) is 0 Å². The van der Waals surface area contributed by atoms with Crippen molar-refractivity contribution < 1.29 is 19.8 Å². The first-order valence-electron chi connectivity index (χ1n) is 10.2. The average molecular weight is 438 g/mol. The van der Waals surface area contributed by atoms with Gasteiger partial charge in [0.25, 0.3) is 0 Å². The molecule has 0 aromatic heterocycles. The van der Waals surface area contributed by atoms with Crippen molar-refractivity contribution >= 4 is 34.8 Å². The number of halogens is 1. The van der Waals surface area contributed by atoms with Gasteiger partial charge in [0.2, 0.25) is 0 Å². The van der Waals surface area contributed by atoms with E-state index < -0.39 is 17.4 Å². The van der Waals surface area contributed by atoms with Crippen molar-refractivity contribution in [1.82, 2.24) is 0 Å². The van der Waals surface area contributed by atoms with Crippen LogP contribution in [0.15, 0.2) is 54.8 Å². The van der Waals surface area contributed by atoms with Gasteiger partial charge < -0.3 is 15.1 Å². The summed E-state index contributed by atoms with van der Waals surface area (Å²) in [6.07, 6.45) is 6.49. The highest BCUT2D eigenvalue weighted by Crippen LogP contribution is 2.50. The van der Waals surface area contributed by atoms with Gasteiger partial charge in [-0.15, -0.1) is 0 Å². The standard InChI is InChI=1S/C25H24ClNO4/c1-14-13-25(2,3)18-10-5-11-19(20(14)18)27-12-6-9-16(22(27)26)15-7-4-8-17(23(28)29)21(15)24(30)31/h4-12,14,22H,13H2,1-3H3,(H,28,29)(H,30,31). The van der Waals surface area contributed by atoms with Crippen LogP contribution in [0.3, 0.4) is 0 Å². The Morgan fingerprint density at radius 3 is 2.48 bits per heavy atom. The normalized spacial score (nSPS) is 21.5. The van der Waals surface area contributed by atoms with Gasteiger partial charge >= 0.3 is 11.9 Å².